The highest BCUT2D eigenvalue weighted by atomic mass is 32.2. The molecule has 0 bridgehead atoms. The van der Waals surface area contributed by atoms with E-state index < -0.39 is 33.6 Å². The Balaban J connectivity index is 2.09. The highest BCUT2D eigenvalue weighted by Crippen LogP contribution is 2.36. The Morgan fingerprint density at radius 1 is 1.22 bits per heavy atom. The lowest BCUT2D eigenvalue weighted by Crippen LogP contribution is -2.41. The molecule has 1 saturated carbocycles. The number of hydrogen-bond acceptors (Lipinski definition) is 8. The molecule has 11 heteroatoms. The van der Waals surface area contributed by atoms with Gasteiger partial charge < -0.3 is 19.0 Å². The van der Waals surface area contributed by atoms with Crippen LogP contribution in [0.2, 0.25) is 0 Å². The number of pyridine rings is 1. The highest BCUT2D eigenvalue weighted by Gasteiger charge is 2.42. The minimum Gasteiger partial charge on any atom is -0.473 e. The maximum atomic E-state index is 14.7. The third kappa shape index (κ3) is 6.82. The molecule has 0 N–H and O–H groups in total. The van der Waals surface area contributed by atoms with E-state index in [1.165, 1.54) is 11.4 Å². The molecule has 1 aliphatic heterocycles. The fraction of sp³-hybridized carbons (Fsp3) is 0.680. The van der Waals surface area contributed by atoms with Crippen LogP contribution in [0.4, 0.5) is 4.79 Å². The summed E-state index contributed by atoms with van der Waals surface area (Å²) in [6.45, 7) is 7.12. The summed E-state index contributed by atoms with van der Waals surface area (Å²) in [5, 5.41) is 0. The summed E-state index contributed by atoms with van der Waals surface area (Å²) in [7, 11) is -2.43. The molecule has 1 aliphatic carbocycles. The summed E-state index contributed by atoms with van der Waals surface area (Å²) in [4.78, 5) is 41.1. The maximum absolute atomic E-state index is 14.7. The van der Waals surface area contributed by atoms with E-state index in [9.17, 15) is 18.6 Å². The van der Waals surface area contributed by atoms with Gasteiger partial charge >= 0.3 is 12.1 Å². The van der Waals surface area contributed by atoms with E-state index in [1.807, 2.05) is 0 Å². The van der Waals surface area contributed by atoms with E-state index in [-0.39, 0.29) is 29.3 Å². The standard InChI is InChI=1S/C25H37N3O7S/c1-17-11-12-21(22(26-17)34-19-9-6-8-18(16-19)13-15-29)36(32,27-24(31)35-25(2,3)4)28-14-7-10-20(28)23(30)33-5/h11-12,15,18-20H,6-10,13-14,16H2,1-5H3/t18-,19-,20+,36+/m1/s1. The van der Waals surface area contributed by atoms with Gasteiger partial charge in [-0.05, 0) is 84.3 Å². The normalized spacial score (nSPS) is 24.4. The molecule has 0 unspecified atom stereocenters. The van der Waals surface area contributed by atoms with Gasteiger partial charge in [0, 0.05) is 18.7 Å². The zero-order valence-electron chi connectivity index (χ0n) is 21.7. The number of aromatic nitrogens is 1. The van der Waals surface area contributed by atoms with Crippen LogP contribution in [0.5, 0.6) is 5.88 Å². The van der Waals surface area contributed by atoms with Crippen molar-refractivity contribution in [2.24, 2.45) is 10.3 Å². The maximum Gasteiger partial charge on any atom is 0.443 e. The van der Waals surface area contributed by atoms with Gasteiger partial charge in [0.1, 0.15) is 28.9 Å². The quantitative estimate of drug-likeness (QED) is 0.384. The van der Waals surface area contributed by atoms with Gasteiger partial charge in [0.15, 0.2) is 9.92 Å². The van der Waals surface area contributed by atoms with Crippen LogP contribution >= 0.6 is 0 Å². The van der Waals surface area contributed by atoms with Crippen molar-refractivity contribution < 1.29 is 32.8 Å². The van der Waals surface area contributed by atoms with Crippen LogP contribution < -0.4 is 4.74 Å². The number of ether oxygens (including phenoxy) is 3. The molecule has 0 aromatic carbocycles. The SMILES string of the molecule is COC(=O)[C@@H]1CCCN1[S@@](=O)(=NC(=O)OC(C)(C)C)c1ccc(C)nc1O[C@@H]1CCC[C@H](CC=O)C1. The fourth-order valence-electron chi connectivity index (χ4n) is 4.68. The van der Waals surface area contributed by atoms with E-state index in [2.05, 4.69) is 9.35 Å². The average molecular weight is 524 g/mol. The lowest BCUT2D eigenvalue weighted by atomic mass is 9.85. The highest BCUT2D eigenvalue weighted by molar-refractivity contribution is 7.91. The molecule has 3 rings (SSSR count). The van der Waals surface area contributed by atoms with Crippen molar-refractivity contribution in [3.63, 3.8) is 0 Å². The predicted octanol–water partition coefficient (Wildman–Crippen LogP) is 4.23. The predicted molar refractivity (Wildman–Crippen MR) is 133 cm³/mol. The smallest absolute Gasteiger partial charge is 0.443 e. The van der Waals surface area contributed by atoms with Gasteiger partial charge in [-0.3, -0.25) is 4.79 Å². The second-order valence-corrected chi connectivity index (χ2v) is 12.4. The minimum atomic E-state index is -3.70. The van der Waals surface area contributed by atoms with Crippen molar-refractivity contribution in [1.29, 1.82) is 0 Å². The van der Waals surface area contributed by atoms with Crippen molar-refractivity contribution in [2.45, 2.75) is 95.3 Å². The Morgan fingerprint density at radius 2 is 1.97 bits per heavy atom. The largest absolute Gasteiger partial charge is 0.473 e. The third-order valence-corrected chi connectivity index (χ3v) is 8.63. The number of aryl methyl sites for hydroxylation is 1. The van der Waals surface area contributed by atoms with Crippen LogP contribution in [-0.4, -0.2) is 63.2 Å². The van der Waals surface area contributed by atoms with Crippen molar-refractivity contribution in [3.8, 4) is 5.88 Å². The molecule has 0 spiro atoms. The van der Waals surface area contributed by atoms with Crippen LogP contribution in [0.25, 0.3) is 0 Å². The van der Waals surface area contributed by atoms with Crippen molar-refractivity contribution in [3.05, 3.63) is 17.8 Å². The number of esters is 1. The van der Waals surface area contributed by atoms with Crippen molar-refractivity contribution >= 4 is 28.3 Å². The fourth-order valence-corrected chi connectivity index (χ4v) is 6.86. The van der Waals surface area contributed by atoms with Gasteiger partial charge in [0.25, 0.3) is 0 Å². The summed E-state index contributed by atoms with van der Waals surface area (Å²) in [6.07, 6.45) is 4.45. The first-order chi connectivity index (χ1) is 17.0. The van der Waals surface area contributed by atoms with Crippen molar-refractivity contribution in [1.82, 2.24) is 9.29 Å². The zero-order valence-corrected chi connectivity index (χ0v) is 22.5. The molecule has 2 fully saturated rings. The summed E-state index contributed by atoms with van der Waals surface area (Å²) in [5.41, 5.74) is -0.215. The Hall–Kier alpha value is -2.53. The lowest BCUT2D eigenvalue weighted by Gasteiger charge is -2.30. The third-order valence-electron chi connectivity index (χ3n) is 6.28. The molecular weight excluding hydrogens is 486 g/mol. The summed E-state index contributed by atoms with van der Waals surface area (Å²) < 4.78 is 36.8. The molecule has 1 amide bonds. The summed E-state index contributed by atoms with van der Waals surface area (Å²) >= 11 is 0. The topological polar surface area (TPSA) is 124 Å². The first-order valence-corrected chi connectivity index (χ1v) is 13.9. The Labute approximate surface area is 213 Å². The summed E-state index contributed by atoms with van der Waals surface area (Å²) in [6, 6.07) is 2.42. The first-order valence-electron chi connectivity index (χ1n) is 12.4. The Bertz CT molecular complexity index is 1090. The molecule has 36 heavy (non-hydrogen) atoms. The molecule has 0 radical (unpaired) electrons. The van der Waals surface area contributed by atoms with Crippen LogP contribution in [0.1, 0.15) is 71.4 Å². The van der Waals surface area contributed by atoms with E-state index in [1.54, 1.807) is 39.8 Å². The number of carbonyl (C=O) groups excluding carboxylic acids is 3. The molecule has 1 aromatic heterocycles. The number of amides is 1. The van der Waals surface area contributed by atoms with Crippen LogP contribution in [0.3, 0.4) is 0 Å². The molecule has 4 atom stereocenters. The molecule has 1 saturated heterocycles. The minimum absolute atomic E-state index is 0.111. The Kier molecular flexibility index (Phi) is 9.10. The van der Waals surface area contributed by atoms with Crippen LogP contribution in [-0.2, 0) is 29.0 Å². The Morgan fingerprint density at radius 3 is 2.64 bits per heavy atom. The van der Waals surface area contributed by atoms with E-state index in [4.69, 9.17) is 14.2 Å². The van der Waals surface area contributed by atoms with Crippen LogP contribution in [0.15, 0.2) is 21.4 Å². The summed E-state index contributed by atoms with van der Waals surface area (Å²) in [5.74, 6) is -0.224. The number of methoxy groups -OCH3 is 1. The van der Waals surface area contributed by atoms with Crippen molar-refractivity contribution in [2.75, 3.05) is 13.7 Å². The number of rotatable bonds is 7. The molecule has 1 aromatic rings. The molecule has 10 nitrogen and oxygen atoms in total. The number of carbonyl (C=O) groups is 3. The second kappa shape index (κ2) is 11.7. The average Bonchev–Trinajstić information content (AvgIpc) is 3.28. The van der Waals surface area contributed by atoms with E-state index in [0.29, 0.717) is 31.4 Å². The van der Waals surface area contributed by atoms with Gasteiger partial charge in [-0.15, -0.1) is 4.36 Å². The molecular formula is C25H37N3O7S. The molecule has 200 valence electrons. The lowest BCUT2D eigenvalue weighted by molar-refractivity contribution is -0.144. The van der Waals surface area contributed by atoms with Gasteiger partial charge in [-0.1, -0.05) is 0 Å². The molecule has 2 aliphatic rings. The van der Waals surface area contributed by atoms with Crippen LogP contribution in [0, 0.1) is 12.8 Å². The first kappa shape index (κ1) is 28.0. The van der Waals surface area contributed by atoms with E-state index >= 15 is 0 Å². The number of nitrogens with zero attached hydrogens (tertiary/aromatic N) is 3. The van der Waals surface area contributed by atoms with E-state index in [0.717, 1.165) is 25.5 Å². The monoisotopic (exact) mass is 523 g/mol. The molecule has 2 heterocycles. The van der Waals surface area contributed by atoms with Gasteiger partial charge in [-0.2, -0.15) is 4.31 Å². The van der Waals surface area contributed by atoms with Gasteiger partial charge in [0.2, 0.25) is 5.88 Å². The van der Waals surface area contributed by atoms with Gasteiger partial charge in [0.05, 0.1) is 7.11 Å². The van der Waals surface area contributed by atoms with Gasteiger partial charge in [-0.25, -0.2) is 14.0 Å². The second-order valence-electron chi connectivity index (χ2n) is 10.3. The number of hydrogen-bond donors (Lipinski definition) is 0. The zero-order chi connectivity index (χ0) is 26.5. The number of aldehydes is 1.